The van der Waals surface area contributed by atoms with Crippen LogP contribution >= 0.6 is 36.6 Å². The smallest absolute Gasteiger partial charge is 0.231 e. The summed E-state index contributed by atoms with van der Waals surface area (Å²) in [5.74, 6) is 1.43. The van der Waals surface area contributed by atoms with E-state index in [0.717, 1.165) is 24.3 Å². The second-order valence-electron chi connectivity index (χ2n) is 5.40. The molecule has 0 bridgehead atoms. The molecule has 1 aliphatic heterocycles. The quantitative estimate of drug-likeness (QED) is 0.441. The Labute approximate surface area is 152 Å². The minimum atomic E-state index is -0.770. The number of nitrogens with zero attached hydrogens (tertiary/aromatic N) is 1. The predicted octanol–water partition coefficient (Wildman–Crippen LogP) is 3.09. The van der Waals surface area contributed by atoms with Gasteiger partial charge in [0.25, 0.3) is 0 Å². The van der Waals surface area contributed by atoms with Crippen LogP contribution in [0.15, 0.2) is 42.5 Å². The van der Waals surface area contributed by atoms with Crippen molar-refractivity contribution in [2.75, 3.05) is 11.5 Å². The van der Waals surface area contributed by atoms with Gasteiger partial charge in [-0.15, -0.1) is 0 Å². The van der Waals surface area contributed by atoms with Crippen LogP contribution in [0, 0.1) is 0 Å². The molecule has 2 rings (SSSR count). The van der Waals surface area contributed by atoms with Crippen molar-refractivity contribution in [1.82, 2.24) is 4.90 Å². The summed E-state index contributed by atoms with van der Waals surface area (Å²) in [6.45, 7) is 0. The summed E-state index contributed by atoms with van der Waals surface area (Å²) in [6.07, 6.45) is 4.37. The van der Waals surface area contributed by atoms with Gasteiger partial charge in [0.1, 0.15) is 4.32 Å². The molecule has 2 unspecified atom stereocenters. The Morgan fingerprint density at radius 1 is 1.48 bits per heavy atom. The molecule has 1 aliphatic rings. The molecular weight excluding hydrogens is 346 g/mol. The molecule has 1 amide bonds. The van der Waals surface area contributed by atoms with E-state index in [1.807, 2.05) is 24.3 Å². The van der Waals surface area contributed by atoms with E-state index in [4.69, 9.17) is 12.2 Å². The van der Waals surface area contributed by atoms with Gasteiger partial charge < -0.3 is 5.11 Å². The van der Waals surface area contributed by atoms with Crippen LogP contribution in [0.2, 0.25) is 0 Å². The third-order valence-electron chi connectivity index (χ3n) is 3.58. The first-order chi connectivity index (χ1) is 11.1. The average molecular weight is 368 g/mol. The standard InChI is InChI=1S/C17H21NO2S3/c19-15(8-4-5-9-21)11-16(20)18-14(12-23-17(18)22)10-13-6-2-1-3-7-13/h1-4,6-8,14-15,19,21H,5,9-12H2/b8-4+. The van der Waals surface area contributed by atoms with Crippen LogP contribution in [0.25, 0.3) is 0 Å². The number of benzene rings is 1. The number of thiocarbonyl (C=S) groups is 1. The molecule has 1 fully saturated rings. The molecule has 0 spiro atoms. The van der Waals surface area contributed by atoms with Crippen molar-refractivity contribution >= 4 is 46.8 Å². The van der Waals surface area contributed by atoms with Gasteiger partial charge in [-0.05, 0) is 24.2 Å². The molecule has 1 aromatic carbocycles. The minimum Gasteiger partial charge on any atom is -0.389 e. The molecular formula is C17H21NO2S3. The van der Waals surface area contributed by atoms with Crippen molar-refractivity contribution < 1.29 is 9.90 Å². The summed E-state index contributed by atoms with van der Waals surface area (Å²) >= 11 is 11.0. The summed E-state index contributed by atoms with van der Waals surface area (Å²) in [6, 6.07) is 10.2. The predicted molar refractivity (Wildman–Crippen MR) is 104 cm³/mol. The molecule has 0 aromatic heterocycles. The third-order valence-corrected chi connectivity index (χ3v) is 5.39. The Balaban J connectivity index is 1.97. The molecule has 23 heavy (non-hydrogen) atoms. The molecule has 3 nitrogen and oxygen atoms in total. The van der Waals surface area contributed by atoms with Crippen molar-refractivity contribution in [3.05, 3.63) is 48.0 Å². The zero-order valence-corrected chi connectivity index (χ0v) is 15.3. The molecule has 0 aliphatic carbocycles. The lowest BCUT2D eigenvalue weighted by atomic mass is 10.1. The molecule has 1 aromatic rings. The first kappa shape index (κ1) is 18.5. The molecule has 1 N–H and O–H groups in total. The molecule has 1 saturated heterocycles. The van der Waals surface area contributed by atoms with Gasteiger partial charge in [-0.1, -0.05) is 66.5 Å². The lowest BCUT2D eigenvalue weighted by Gasteiger charge is -2.24. The minimum absolute atomic E-state index is 0.0645. The zero-order chi connectivity index (χ0) is 16.7. The Hall–Kier alpha value is -0.820. The fraction of sp³-hybridized carbons (Fsp3) is 0.412. The molecule has 0 saturated carbocycles. The maximum atomic E-state index is 12.5. The highest BCUT2D eigenvalue weighted by atomic mass is 32.2. The van der Waals surface area contributed by atoms with Crippen molar-refractivity contribution in [1.29, 1.82) is 0 Å². The number of hydrogen-bond donors (Lipinski definition) is 2. The van der Waals surface area contributed by atoms with E-state index in [2.05, 4.69) is 24.8 Å². The number of allylic oxidation sites excluding steroid dienone is 1. The molecule has 6 heteroatoms. The monoisotopic (exact) mass is 367 g/mol. The highest BCUT2D eigenvalue weighted by molar-refractivity contribution is 8.23. The van der Waals surface area contributed by atoms with E-state index in [-0.39, 0.29) is 18.4 Å². The van der Waals surface area contributed by atoms with Crippen molar-refractivity contribution in [2.45, 2.75) is 31.4 Å². The zero-order valence-electron chi connectivity index (χ0n) is 12.8. The van der Waals surface area contributed by atoms with E-state index in [0.29, 0.717) is 4.32 Å². The van der Waals surface area contributed by atoms with Crippen LogP contribution in [-0.2, 0) is 11.2 Å². The number of thioether (sulfide) groups is 1. The Morgan fingerprint density at radius 3 is 2.91 bits per heavy atom. The van der Waals surface area contributed by atoms with Gasteiger partial charge in [0.15, 0.2) is 0 Å². The Kier molecular flexibility index (Phi) is 7.62. The van der Waals surface area contributed by atoms with E-state index >= 15 is 0 Å². The Morgan fingerprint density at radius 2 is 2.22 bits per heavy atom. The number of hydrogen-bond acceptors (Lipinski definition) is 5. The van der Waals surface area contributed by atoms with Crippen molar-refractivity contribution in [3.8, 4) is 0 Å². The van der Waals surface area contributed by atoms with Gasteiger partial charge in [0, 0.05) is 5.75 Å². The van der Waals surface area contributed by atoms with Crippen LogP contribution in [-0.4, -0.2) is 43.9 Å². The number of thiol groups is 1. The SMILES string of the molecule is O=C(CC(O)/C=C/CCS)N1C(=S)SCC1Cc1ccccc1. The van der Waals surface area contributed by atoms with Crippen molar-refractivity contribution in [2.24, 2.45) is 0 Å². The second kappa shape index (κ2) is 9.47. The first-order valence-electron chi connectivity index (χ1n) is 7.60. The van der Waals surface area contributed by atoms with Gasteiger partial charge in [-0.3, -0.25) is 9.69 Å². The summed E-state index contributed by atoms with van der Waals surface area (Å²) in [5, 5.41) is 9.96. The summed E-state index contributed by atoms with van der Waals surface area (Å²) in [5.41, 5.74) is 1.19. The maximum absolute atomic E-state index is 12.5. The topological polar surface area (TPSA) is 40.5 Å². The molecule has 0 radical (unpaired) electrons. The number of aliphatic hydroxyl groups is 1. The normalized spacial score (nSPS) is 19.5. The fourth-order valence-corrected chi connectivity index (χ4v) is 4.07. The average Bonchev–Trinajstić information content (AvgIpc) is 2.89. The van der Waals surface area contributed by atoms with Gasteiger partial charge >= 0.3 is 0 Å². The Bertz CT molecular complexity index is 562. The second-order valence-corrected chi connectivity index (χ2v) is 7.50. The van der Waals surface area contributed by atoms with Gasteiger partial charge in [0.2, 0.25) is 5.91 Å². The summed E-state index contributed by atoms with van der Waals surface area (Å²) in [7, 11) is 0. The first-order valence-corrected chi connectivity index (χ1v) is 9.62. The van der Waals surface area contributed by atoms with Crippen LogP contribution in [0.1, 0.15) is 18.4 Å². The van der Waals surface area contributed by atoms with Gasteiger partial charge in [-0.25, -0.2) is 0 Å². The van der Waals surface area contributed by atoms with Gasteiger partial charge in [0.05, 0.1) is 18.6 Å². The van der Waals surface area contributed by atoms with Gasteiger partial charge in [-0.2, -0.15) is 12.6 Å². The lowest BCUT2D eigenvalue weighted by molar-refractivity contribution is -0.129. The lowest BCUT2D eigenvalue weighted by Crippen LogP contribution is -2.41. The van der Waals surface area contributed by atoms with Crippen LogP contribution in [0.4, 0.5) is 0 Å². The largest absolute Gasteiger partial charge is 0.389 e. The number of carbonyl (C=O) groups is 1. The van der Waals surface area contributed by atoms with E-state index in [1.54, 1.807) is 11.0 Å². The number of aliphatic hydroxyl groups excluding tert-OH is 1. The fourth-order valence-electron chi connectivity index (χ4n) is 2.48. The number of rotatable bonds is 7. The van der Waals surface area contributed by atoms with E-state index in [1.165, 1.54) is 17.3 Å². The van der Waals surface area contributed by atoms with E-state index in [9.17, 15) is 9.90 Å². The molecule has 124 valence electrons. The number of amides is 1. The maximum Gasteiger partial charge on any atom is 0.231 e. The van der Waals surface area contributed by atoms with E-state index < -0.39 is 6.10 Å². The highest BCUT2D eigenvalue weighted by Crippen LogP contribution is 2.27. The van der Waals surface area contributed by atoms with Crippen LogP contribution < -0.4 is 0 Å². The third kappa shape index (κ3) is 5.64. The molecule has 2 atom stereocenters. The highest BCUT2D eigenvalue weighted by Gasteiger charge is 2.34. The molecule has 1 heterocycles. The number of carbonyl (C=O) groups excluding carboxylic acids is 1. The summed E-state index contributed by atoms with van der Waals surface area (Å²) in [4.78, 5) is 14.2. The van der Waals surface area contributed by atoms with Crippen LogP contribution in [0.5, 0.6) is 0 Å². The van der Waals surface area contributed by atoms with Crippen LogP contribution in [0.3, 0.4) is 0 Å². The van der Waals surface area contributed by atoms with Crippen molar-refractivity contribution in [3.63, 3.8) is 0 Å². The summed E-state index contributed by atoms with van der Waals surface area (Å²) < 4.78 is 0.613.